The summed E-state index contributed by atoms with van der Waals surface area (Å²) in [4.78, 5) is 1.60. The zero-order valence-corrected chi connectivity index (χ0v) is 7.24. The van der Waals surface area contributed by atoms with E-state index in [2.05, 4.69) is 22.3 Å². The highest BCUT2D eigenvalue weighted by Crippen LogP contribution is 1.91. The van der Waals surface area contributed by atoms with Crippen LogP contribution >= 0.6 is 22.6 Å². The molecule has 0 saturated carbocycles. The Kier molecular flexibility index (Phi) is 2.38. The van der Waals surface area contributed by atoms with Crippen molar-refractivity contribution in [1.82, 2.24) is 20.2 Å². The molecule has 0 radical (unpaired) electrons. The third kappa shape index (κ3) is 1.88. The van der Waals surface area contributed by atoms with Crippen molar-refractivity contribution in [3.05, 3.63) is 3.83 Å². The molecule has 1 aromatic heterocycles. The first-order valence-corrected chi connectivity index (χ1v) is 3.84. The van der Waals surface area contributed by atoms with Crippen LogP contribution in [0.4, 0.5) is 0 Å². The maximum Gasteiger partial charge on any atom is 0.234 e. The second-order valence-corrected chi connectivity index (χ2v) is 2.62. The topological polar surface area (TPSA) is 43.6 Å². The minimum Gasteiger partial charge on any atom is -0.163 e. The molecule has 5 heteroatoms. The molecule has 0 fully saturated rings. The molecule has 0 unspecified atom stereocenters. The van der Waals surface area contributed by atoms with Gasteiger partial charge < -0.3 is 0 Å². The van der Waals surface area contributed by atoms with Gasteiger partial charge in [0.05, 0.1) is 6.54 Å². The summed E-state index contributed by atoms with van der Waals surface area (Å²) < 4.78 is 0.709. The van der Waals surface area contributed by atoms with Gasteiger partial charge in [-0.1, -0.05) is 6.92 Å². The highest BCUT2D eigenvalue weighted by molar-refractivity contribution is 14.1. The first kappa shape index (κ1) is 6.91. The summed E-state index contributed by atoms with van der Waals surface area (Å²) in [5, 5.41) is 11.5. The maximum absolute atomic E-state index is 3.98. The zero-order valence-electron chi connectivity index (χ0n) is 5.08. The van der Waals surface area contributed by atoms with Crippen molar-refractivity contribution in [3.63, 3.8) is 0 Å². The minimum atomic E-state index is 0.709. The van der Waals surface area contributed by atoms with E-state index in [1.54, 1.807) is 4.80 Å². The first-order valence-electron chi connectivity index (χ1n) is 2.76. The fraction of sp³-hybridized carbons (Fsp3) is 0.750. The molecule has 0 spiro atoms. The van der Waals surface area contributed by atoms with E-state index in [9.17, 15) is 0 Å². The Balaban J connectivity index is 2.61. The van der Waals surface area contributed by atoms with Crippen molar-refractivity contribution < 1.29 is 0 Å². The van der Waals surface area contributed by atoms with Gasteiger partial charge in [-0.15, -0.1) is 10.2 Å². The predicted molar refractivity (Wildman–Crippen MR) is 40.8 cm³/mol. The van der Waals surface area contributed by atoms with Crippen molar-refractivity contribution in [3.8, 4) is 0 Å². The van der Waals surface area contributed by atoms with Crippen molar-refractivity contribution in [2.24, 2.45) is 0 Å². The van der Waals surface area contributed by atoms with E-state index in [1.807, 2.05) is 22.6 Å². The molecule has 9 heavy (non-hydrogen) atoms. The summed E-state index contributed by atoms with van der Waals surface area (Å²) in [6.07, 6.45) is 1.05. The van der Waals surface area contributed by atoms with E-state index in [0.717, 1.165) is 13.0 Å². The Morgan fingerprint density at radius 1 is 1.67 bits per heavy atom. The third-order valence-electron chi connectivity index (χ3n) is 0.852. The normalized spacial score (nSPS) is 10.0. The van der Waals surface area contributed by atoms with Crippen molar-refractivity contribution in [2.45, 2.75) is 19.9 Å². The summed E-state index contributed by atoms with van der Waals surface area (Å²) in [5.74, 6) is 0. The summed E-state index contributed by atoms with van der Waals surface area (Å²) in [6, 6.07) is 0. The fourth-order valence-electron chi connectivity index (χ4n) is 0.518. The molecule has 0 aliphatic heterocycles. The smallest absolute Gasteiger partial charge is 0.163 e. The van der Waals surface area contributed by atoms with Gasteiger partial charge in [0.25, 0.3) is 0 Å². The lowest BCUT2D eigenvalue weighted by Gasteiger charge is -1.88. The van der Waals surface area contributed by atoms with Gasteiger partial charge in [-0.2, -0.15) is 4.80 Å². The number of halogens is 1. The van der Waals surface area contributed by atoms with Crippen LogP contribution in [-0.2, 0) is 6.54 Å². The van der Waals surface area contributed by atoms with Gasteiger partial charge in [-0.05, 0) is 11.6 Å². The monoisotopic (exact) mass is 238 g/mol. The zero-order chi connectivity index (χ0) is 6.69. The Morgan fingerprint density at radius 2 is 2.44 bits per heavy atom. The lowest BCUT2D eigenvalue weighted by atomic mass is 10.5. The molecule has 1 aromatic rings. The Morgan fingerprint density at radius 3 is 2.89 bits per heavy atom. The van der Waals surface area contributed by atoms with Gasteiger partial charge in [0.15, 0.2) is 0 Å². The molecule has 0 aliphatic rings. The van der Waals surface area contributed by atoms with Gasteiger partial charge >= 0.3 is 0 Å². The summed E-state index contributed by atoms with van der Waals surface area (Å²) in [7, 11) is 0. The van der Waals surface area contributed by atoms with Gasteiger partial charge in [0.1, 0.15) is 0 Å². The molecular weight excluding hydrogens is 231 g/mol. The molecule has 0 aliphatic carbocycles. The quantitative estimate of drug-likeness (QED) is 0.712. The fourth-order valence-corrected chi connectivity index (χ4v) is 0.864. The predicted octanol–water partition coefficient (Wildman–Crippen LogP) is 0.688. The second-order valence-electron chi connectivity index (χ2n) is 1.65. The number of hydrogen-bond acceptors (Lipinski definition) is 3. The number of aryl methyl sites for hydroxylation is 1. The SMILES string of the molecule is CCCn1nnc(I)n1. The van der Waals surface area contributed by atoms with Crippen LogP contribution in [-0.4, -0.2) is 20.2 Å². The number of nitrogens with zero attached hydrogens (tertiary/aromatic N) is 4. The minimum absolute atomic E-state index is 0.709. The molecule has 50 valence electrons. The Hall–Kier alpha value is -0.200. The molecule has 1 rings (SSSR count). The molecule has 0 N–H and O–H groups in total. The van der Waals surface area contributed by atoms with E-state index in [1.165, 1.54) is 0 Å². The maximum atomic E-state index is 3.98. The van der Waals surface area contributed by atoms with Crippen LogP contribution < -0.4 is 0 Å². The van der Waals surface area contributed by atoms with Gasteiger partial charge in [0, 0.05) is 22.6 Å². The van der Waals surface area contributed by atoms with E-state index in [-0.39, 0.29) is 0 Å². The van der Waals surface area contributed by atoms with Crippen molar-refractivity contribution in [1.29, 1.82) is 0 Å². The van der Waals surface area contributed by atoms with Crippen LogP contribution in [0.5, 0.6) is 0 Å². The first-order chi connectivity index (χ1) is 4.33. The standard InChI is InChI=1S/C4H7IN4/c1-2-3-9-7-4(5)6-8-9/h2-3H2,1H3. The van der Waals surface area contributed by atoms with E-state index in [0.29, 0.717) is 3.83 Å². The van der Waals surface area contributed by atoms with E-state index >= 15 is 0 Å². The van der Waals surface area contributed by atoms with Crippen LogP contribution in [0.25, 0.3) is 0 Å². The summed E-state index contributed by atoms with van der Waals surface area (Å²) in [6.45, 7) is 2.94. The van der Waals surface area contributed by atoms with Crippen molar-refractivity contribution >= 4 is 22.6 Å². The van der Waals surface area contributed by atoms with Gasteiger partial charge in [-0.3, -0.25) is 0 Å². The molecule has 0 saturated heterocycles. The van der Waals surface area contributed by atoms with Crippen LogP contribution in [0.15, 0.2) is 0 Å². The van der Waals surface area contributed by atoms with Crippen LogP contribution in [0.1, 0.15) is 13.3 Å². The largest absolute Gasteiger partial charge is 0.234 e. The summed E-state index contributed by atoms with van der Waals surface area (Å²) >= 11 is 2.03. The van der Waals surface area contributed by atoms with Gasteiger partial charge in [-0.25, -0.2) is 0 Å². The molecule has 0 amide bonds. The lowest BCUT2D eigenvalue weighted by Crippen LogP contribution is -2.00. The van der Waals surface area contributed by atoms with E-state index < -0.39 is 0 Å². The number of rotatable bonds is 2. The Labute approximate surface area is 66.8 Å². The summed E-state index contributed by atoms with van der Waals surface area (Å²) in [5.41, 5.74) is 0. The number of tetrazole rings is 1. The highest BCUT2D eigenvalue weighted by atomic mass is 127. The molecule has 1 heterocycles. The number of aromatic nitrogens is 4. The average Bonchev–Trinajstić information content (AvgIpc) is 2.17. The molecule has 0 bridgehead atoms. The second kappa shape index (κ2) is 3.09. The molecular formula is C4H7IN4. The van der Waals surface area contributed by atoms with Crippen LogP contribution in [0, 0.1) is 3.83 Å². The Bertz CT molecular complexity index is 184. The lowest BCUT2D eigenvalue weighted by molar-refractivity contribution is 0.513. The van der Waals surface area contributed by atoms with Crippen LogP contribution in [0.3, 0.4) is 0 Å². The molecule has 0 aromatic carbocycles. The molecule has 4 nitrogen and oxygen atoms in total. The van der Waals surface area contributed by atoms with Gasteiger partial charge in [0.2, 0.25) is 3.83 Å². The van der Waals surface area contributed by atoms with Crippen molar-refractivity contribution in [2.75, 3.05) is 0 Å². The average molecular weight is 238 g/mol. The van der Waals surface area contributed by atoms with E-state index in [4.69, 9.17) is 0 Å². The highest BCUT2D eigenvalue weighted by Gasteiger charge is 1.93. The van der Waals surface area contributed by atoms with Crippen LogP contribution in [0.2, 0.25) is 0 Å². The molecule has 0 atom stereocenters. The third-order valence-corrected chi connectivity index (χ3v) is 1.28. The number of hydrogen-bond donors (Lipinski definition) is 0.